The van der Waals surface area contributed by atoms with Crippen molar-refractivity contribution in [2.24, 2.45) is 0 Å². The van der Waals surface area contributed by atoms with Crippen LogP contribution in [0.2, 0.25) is 5.02 Å². The molecule has 15 nitrogen and oxygen atoms in total. The number of piperazine rings is 1. The number of hydrogen-bond acceptors (Lipinski definition) is 15. The number of nitrogens with zero attached hydrogens (tertiary/aromatic N) is 6. The number of carbonyl (C=O) groups excluding carboxylic acids is 3. The molecule has 0 atom stereocenters. The molecule has 1 fully saturated rings. The van der Waals surface area contributed by atoms with Crippen molar-refractivity contribution in [2.75, 3.05) is 74.6 Å². The monoisotopic (exact) mass is 945 g/mol. The predicted octanol–water partition coefficient (Wildman–Crippen LogP) is 8.10. The Morgan fingerprint density at radius 1 is 0.864 bits per heavy atom. The van der Waals surface area contributed by atoms with Gasteiger partial charge in [-0.1, -0.05) is 89.7 Å². The van der Waals surface area contributed by atoms with Gasteiger partial charge >= 0.3 is 5.97 Å². The zero-order valence-electron chi connectivity index (χ0n) is 36.4. The number of amides is 2. The zero-order chi connectivity index (χ0) is 45.8. The van der Waals surface area contributed by atoms with Gasteiger partial charge in [0.2, 0.25) is 5.91 Å². The molecule has 0 bridgehead atoms. The summed E-state index contributed by atoms with van der Waals surface area (Å²) in [6, 6.07) is 28.8. The number of fused-ring (bicyclic) bond motifs is 1. The van der Waals surface area contributed by atoms with E-state index in [9.17, 15) is 14.4 Å². The van der Waals surface area contributed by atoms with E-state index in [1.54, 1.807) is 6.07 Å². The van der Waals surface area contributed by atoms with Crippen LogP contribution in [0.15, 0.2) is 103 Å². The number of ether oxygens (including phenoxy) is 3. The quantitative estimate of drug-likeness (QED) is 0.0525. The number of rotatable bonds is 19. The molecule has 0 spiro atoms. The Bertz CT molecular complexity index is 2780. The highest BCUT2D eigenvalue weighted by atomic mass is 35.5. The standard InChI is InChI=1S/C48H48ClN9O6S2/c1-31-8-6-12-38(49)45(31)56-46(61)40-27-51-48(66-40)55-41-26-42(53-32(2)52-41)58-18-16-57(17-19-58)20-21-62-22-23-63-39-13-7-11-34-14-15-35(24-37(34)39)47-54-36(30-65-47)25-43(59)50-28-44(60)64-29-33-9-4-3-5-10-33/h3-15,24,26-27,30H,16-23,25,28-29H2,1-2H3,(H,50,59)(H,56,61)(H,51,52,53,55). The summed E-state index contributed by atoms with van der Waals surface area (Å²) in [6.07, 6.45) is 1.59. The van der Waals surface area contributed by atoms with Crippen LogP contribution in [-0.4, -0.2) is 102 Å². The second-order valence-electron chi connectivity index (χ2n) is 15.4. The van der Waals surface area contributed by atoms with Gasteiger partial charge in [0.25, 0.3) is 5.91 Å². The summed E-state index contributed by atoms with van der Waals surface area (Å²) in [5.74, 6) is 1.73. The summed E-state index contributed by atoms with van der Waals surface area (Å²) in [6.45, 7) is 9.25. The van der Waals surface area contributed by atoms with Crippen LogP contribution < -0.4 is 25.6 Å². The molecule has 0 saturated carbocycles. The van der Waals surface area contributed by atoms with E-state index in [1.165, 1.54) is 28.9 Å². The Hall–Kier alpha value is -6.50. The van der Waals surface area contributed by atoms with Crippen LogP contribution in [-0.2, 0) is 32.1 Å². The molecule has 0 unspecified atom stereocenters. The van der Waals surface area contributed by atoms with Crippen molar-refractivity contribution in [3.63, 3.8) is 0 Å². The van der Waals surface area contributed by atoms with Gasteiger partial charge in [-0.15, -0.1) is 11.3 Å². The second-order valence-corrected chi connectivity index (χ2v) is 17.7. The highest BCUT2D eigenvalue weighted by Crippen LogP contribution is 2.33. The Balaban J connectivity index is 0.747. The van der Waals surface area contributed by atoms with E-state index in [-0.39, 0.29) is 31.4 Å². The number of halogens is 1. The molecular formula is C48H48ClN9O6S2. The molecule has 0 radical (unpaired) electrons. The molecular weight excluding hydrogens is 898 g/mol. The van der Waals surface area contributed by atoms with Gasteiger partial charge in [0.05, 0.1) is 42.2 Å². The van der Waals surface area contributed by atoms with Crippen LogP contribution in [0.25, 0.3) is 21.3 Å². The summed E-state index contributed by atoms with van der Waals surface area (Å²) in [5, 5.41) is 14.4. The van der Waals surface area contributed by atoms with Crippen molar-refractivity contribution in [2.45, 2.75) is 26.9 Å². The van der Waals surface area contributed by atoms with Gasteiger partial charge in [0.1, 0.15) is 52.9 Å². The first-order chi connectivity index (χ1) is 32.1. The first kappa shape index (κ1) is 46.0. The van der Waals surface area contributed by atoms with E-state index in [0.717, 1.165) is 76.8 Å². The van der Waals surface area contributed by atoms with Crippen molar-refractivity contribution < 1.29 is 28.6 Å². The van der Waals surface area contributed by atoms with Gasteiger partial charge < -0.3 is 35.1 Å². The predicted molar refractivity (Wildman–Crippen MR) is 259 cm³/mol. The number of carbonyl (C=O) groups is 3. The number of thiazole rings is 2. The van der Waals surface area contributed by atoms with Crippen LogP contribution in [0, 0.1) is 13.8 Å². The lowest BCUT2D eigenvalue weighted by atomic mass is 10.1. The van der Waals surface area contributed by atoms with E-state index in [1.807, 2.05) is 98.1 Å². The van der Waals surface area contributed by atoms with Gasteiger partial charge in [-0.25, -0.2) is 19.9 Å². The molecule has 0 aliphatic carbocycles. The minimum atomic E-state index is -0.502. The molecule has 4 aromatic carbocycles. The van der Waals surface area contributed by atoms with Gasteiger partial charge in [-0.3, -0.25) is 19.3 Å². The number of aryl methyl sites for hydroxylation is 2. The Morgan fingerprint density at radius 3 is 2.53 bits per heavy atom. The fraction of sp³-hybridized carbons (Fsp3) is 0.271. The summed E-state index contributed by atoms with van der Waals surface area (Å²) in [4.78, 5) is 61.1. The molecule has 1 aliphatic heterocycles. The van der Waals surface area contributed by atoms with Gasteiger partial charge in [0.15, 0.2) is 5.13 Å². The van der Waals surface area contributed by atoms with E-state index in [0.29, 0.717) is 57.9 Å². The lowest BCUT2D eigenvalue weighted by Crippen LogP contribution is -2.47. The highest BCUT2D eigenvalue weighted by molar-refractivity contribution is 7.17. The first-order valence-electron chi connectivity index (χ1n) is 21.4. The minimum Gasteiger partial charge on any atom is -0.491 e. The van der Waals surface area contributed by atoms with Crippen LogP contribution in [0.3, 0.4) is 0 Å². The molecule has 8 rings (SSSR count). The first-order valence-corrected chi connectivity index (χ1v) is 23.5. The normalized spacial score (nSPS) is 12.8. The fourth-order valence-electron chi connectivity index (χ4n) is 7.21. The zero-order valence-corrected chi connectivity index (χ0v) is 38.8. The molecule has 1 saturated heterocycles. The van der Waals surface area contributed by atoms with Gasteiger partial charge in [-0.2, -0.15) is 0 Å². The minimum absolute atomic E-state index is 0.0521. The highest BCUT2D eigenvalue weighted by Gasteiger charge is 2.20. The number of benzene rings is 4. The number of para-hydroxylation sites is 1. The Morgan fingerprint density at radius 2 is 1.70 bits per heavy atom. The molecule has 4 heterocycles. The number of esters is 1. The lowest BCUT2D eigenvalue weighted by Gasteiger charge is -2.35. The number of hydrogen-bond donors (Lipinski definition) is 3. The lowest BCUT2D eigenvalue weighted by molar-refractivity contribution is -0.145. The average molecular weight is 947 g/mol. The SMILES string of the molecule is Cc1nc(Nc2ncc(C(=O)Nc3c(C)cccc3Cl)s2)cc(N2CCN(CCOCCOc3cccc4ccc(-c5nc(CC(=O)NCC(=O)OCc6ccccc6)cs5)cc34)CC2)n1. The van der Waals surface area contributed by atoms with Crippen LogP contribution in [0.4, 0.5) is 22.5 Å². The van der Waals surface area contributed by atoms with E-state index in [4.69, 9.17) is 35.8 Å². The van der Waals surface area contributed by atoms with Gasteiger partial charge in [-0.05, 0) is 48.6 Å². The average Bonchev–Trinajstić information content (AvgIpc) is 4.00. The van der Waals surface area contributed by atoms with Crippen LogP contribution in [0.5, 0.6) is 5.75 Å². The van der Waals surface area contributed by atoms with E-state index >= 15 is 0 Å². The third-order valence-electron chi connectivity index (χ3n) is 10.6. The molecule has 1 aliphatic rings. The summed E-state index contributed by atoms with van der Waals surface area (Å²) >= 11 is 9.00. The van der Waals surface area contributed by atoms with Crippen LogP contribution >= 0.6 is 34.3 Å². The molecule has 2 amide bonds. The van der Waals surface area contributed by atoms with E-state index in [2.05, 4.69) is 41.8 Å². The molecule has 18 heteroatoms. The number of anilines is 4. The van der Waals surface area contributed by atoms with Crippen molar-refractivity contribution in [1.29, 1.82) is 0 Å². The summed E-state index contributed by atoms with van der Waals surface area (Å²) in [7, 11) is 0. The maximum atomic E-state index is 13.0. The Kier molecular flexibility index (Phi) is 15.4. The number of aromatic nitrogens is 4. The summed E-state index contributed by atoms with van der Waals surface area (Å²) < 4.78 is 17.5. The van der Waals surface area contributed by atoms with Gasteiger partial charge in [0, 0.05) is 55.1 Å². The molecule has 340 valence electrons. The molecule has 3 N–H and O–H groups in total. The topological polar surface area (TPSA) is 173 Å². The molecule has 66 heavy (non-hydrogen) atoms. The summed E-state index contributed by atoms with van der Waals surface area (Å²) in [5.41, 5.74) is 3.88. The third-order valence-corrected chi connectivity index (χ3v) is 12.8. The largest absolute Gasteiger partial charge is 0.491 e. The molecule has 3 aromatic heterocycles. The van der Waals surface area contributed by atoms with Crippen molar-refractivity contribution >= 4 is 85.3 Å². The van der Waals surface area contributed by atoms with Crippen molar-refractivity contribution in [3.05, 3.63) is 135 Å². The number of nitrogens with one attached hydrogen (secondary N) is 3. The van der Waals surface area contributed by atoms with Crippen molar-refractivity contribution in [3.8, 4) is 16.3 Å². The van der Waals surface area contributed by atoms with Crippen LogP contribution in [0.1, 0.15) is 32.3 Å². The maximum absolute atomic E-state index is 13.0. The second kappa shape index (κ2) is 22.1. The van der Waals surface area contributed by atoms with E-state index < -0.39 is 5.97 Å². The smallest absolute Gasteiger partial charge is 0.325 e. The molecule has 7 aromatic rings. The Labute approximate surface area is 395 Å². The maximum Gasteiger partial charge on any atom is 0.325 e. The third kappa shape index (κ3) is 12.4. The van der Waals surface area contributed by atoms with Crippen molar-refractivity contribution in [1.82, 2.24) is 30.2 Å². The fourth-order valence-corrected chi connectivity index (χ4v) is 9.01.